The Hall–Kier alpha value is -2.22. The quantitative estimate of drug-likeness (QED) is 0.775. The van der Waals surface area contributed by atoms with E-state index in [4.69, 9.17) is 4.74 Å². The molecule has 0 atom stereocenters. The second kappa shape index (κ2) is 7.31. The maximum absolute atomic E-state index is 12.9. The van der Waals surface area contributed by atoms with E-state index in [2.05, 4.69) is 0 Å². The highest BCUT2D eigenvalue weighted by molar-refractivity contribution is 8.00. The van der Waals surface area contributed by atoms with E-state index in [-0.39, 0.29) is 36.0 Å². The van der Waals surface area contributed by atoms with Gasteiger partial charge in [-0.2, -0.15) is 0 Å². The summed E-state index contributed by atoms with van der Waals surface area (Å²) in [5, 5.41) is 0. The van der Waals surface area contributed by atoms with Crippen LogP contribution in [0.4, 0.5) is 10.5 Å². The van der Waals surface area contributed by atoms with Crippen molar-refractivity contribution < 1.29 is 19.1 Å². The number of piperidine rings is 1. The molecule has 0 bridgehead atoms. The van der Waals surface area contributed by atoms with Crippen LogP contribution in [0.5, 0.6) is 0 Å². The van der Waals surface area contributed by atoms with Gasteiger partial charge < -0.3 is 14.5 Å². The maximum Gasteiger partial charge on any atom is 0.410 e. The SMILES string of the molecule is CC1(C)COC(=O)N1C1CCN(C(=O)CN2C(=O)CSc3ccccc32)CC1. The van der Waals surface area contributed by atoms with Gasteiger partial charge in [-0.25, -0.2) is 4.79 Å². The van der Waals surface area contributed by atoms with E-state index in [1.54, 1.807) is 4.90 Å². The largest absolute Gasteiger partial charge is 0.447 e. The monoisotopic (exact) mass is 403 g/mol. The number of para-hydroxylation sites is 1. The normalized spacial score (nSPS) is 22.3. The fourth-order valence-corrected chi connectivity index (χ4v) is 5.14. The Labute approximate surface area is 169 Å². The van der Waals surface area contributed by atoms with Crippen molar-refractivity contribution in [2.75, 3.05) is 36.9 Å². The zero-order valence-electron chi connectivity index (χ0n) is 16.2. The molecule has 0 unspecified atom stereocenters. The number of carbonyl (C=O) groups excluding carboxylic acids is 3. The van der Waals surface area contributed by atoms with E-state index in [1.165, 1.54) is 11.8 Å². The topological polar surface area (TPSA) is 70.2 Å². The minimum absolute atomic E-state index is 0.0338. The van der Waals surface area contributed by atoms with Crippen LogP contribution in [0.1, 0.15) is 26.7 Å². The molecule has 1 aromatic rings. The molecule has 3 amide bonds. The van der Waals surface area contributed by atoms with Gasteiger partial charge in [-0.3, -0.25) is 14.5 Å². The van der Waals surface area contributed by atoms with Gasteiger partial charge in [0, 0.05) is 24.0 Å². The number of benzene rings is 1. The molecule has 0 spiro atoms. The van der Waals surface area contributed by atoms with Crippen LogP contribution in [0.2, 0.25) is 0 Å². The van der Waals surface area contributed by atoms with Crippen molar-refractivity contribution >= 4 is 35.4 Å². The number of likely N-dealkylation sites (tertiary alicyclic amines) is 1. The molecule has 150 valence electrons. The van der Waals surface area contributed by atoms with Gasteiger partial charge in [0.05, 0.1) is 17.0 Å². The summed E-state index contributed by atoms with van der Waals surface area (Å²) in [6, 6.07) is 7.78. The van der Waals surface area contributed by atoms with Gasteiger partial charge in [-0.15, -0.1) is 11.8 Å². The Balaban J connectivity index is 1.39. The first-order valence-electron chi connectivity index (χ1n) is 9.63. The first-order chi connectivity index (χ1) is 13.4. The Morgan fingerprint density at radius 3 is 2.61 bits per heavy atom. The third-order valence-electron chi connectivity index (χ3n) is 5.68. The molecular weight excluding hydrogens is 378 g/mol. The minimum Gasteiger partial charge on any atom is -0.447 e. The van der Waals surface area contributed by atoms with Gasteiger partial charge in [0.25, 0.3) is 0 Å². The summed E-state index contributed by atoms with van der Waals surface area (Å²) in [6.07, 6.45) is 1.19. The van der Waals surface area contributed by atoms with Crippen LogP contribution in [0.15, 0.2) is 29.2 Å². The molecule has 28 heavy (non-hydrogen) atoms. The summed E-state index contributed by atoms with van der Waals surface area (Å²) in [4.78, 5) is 43.6. The lowest BCUT2D eigenvalue weighted by Gasteiger charge is -2.41. The molecule has 2 fully saturated rings. The summed E-state index contributed by atoms with van der Waals surface area (Å²) >= 11 is 1.51. The number of thioether (sulfide) groups is 1. The van der Waals surface area contributed by atoms with Crippen molar-refractivity contribution in [1.29, 1.82) is 0 Å². The Morgan fingerprint density at radius 2 is 1.93 bits per heavy atom. The van der Waals surface area contributed by atoms with E-state index in [0.29, 0.717) is 25.4 Å². The van der Waals surface area contributed by atoms with Crippen molar-refractivity contribution in [3.8, 4) is 0 Å². The molecule has 0 N–H and O–H groups in total. The van der Waals surface area contributed by atoms with Crippen LogP contribution in [0, 0.1) is 0 Å². The van der Waals surface area contributed by atoms with Crippen molar-refractivity contribution in [3.05, 3.63) is 24.3 Å². The number of amides is 3. The van der Waals surface area contributed by atoms with Gasteiger partial charge in [-0.1, -0.05) is 12.1 Å². The molecule has 3 aliphatic rings. The second-order valence-electron chi connectivity index (χ2n) is 8.09. The number of fused-ring (bicyclic) bond motifs is 1. The molecule has 1 aromatic carbocycles. The van der Waals surface area contributed by atoms with Crippen molar-refractivity contribution in [2.45, 2.75) is 43.2 Å². The van der Waals surface area contributed by atoms with Crippen LogP contribution < -0.4 is 4.90 Å². The second-order valence-corrected chi connectivity index (χ2v) is 9.10. The summed E-state index contributed by atoms with van der Waals surface area (Å²) in [6.45, 7) is 5.65. The predicted octanol–water partition coefficient (Wildman–Crippen LogP) is 2.35. The Bertz CT molecular complexity index is 804. The fraction of sp³-hybridized carbons (Fsp3) is 0.550. The van der Waals surface area contributed by atoms with E-state index in [1.807, 2.05) is 47.9 Å². The van der Waals surface area contributed by atoms with Gasteiger partial charge in [0.15, 0.2) is 0 Å². The first kappa shape index (κ1) is 19.1. The highest BCUT2D eigenvalue weighted by Gasteiger charge is 2.45. The Morgan fingerprint density at radius 1 is 1.21 bits per heavy atom. The van der Waals surface area contributed by atoms with Gasteiger partial charge in [-0.05, 0) is 38.8 Å². The first-order valence-corrected chi connectivity index (χ1v) is 10.6. The van der Waals surface area contributed by atoms with Crippen LogP contribution in [-0.2, 0) is 14.3 Å². The van der Waals surface area contributed by atoms with E-state index < -0.39 is 0 Å². The standard InChI is InChI=1S/C20H25N3O4S/c1-20(2)13-27-19(26)23(20)14-7-9-21(10-8-14)17(24)11-22-15-5-3-4-6-16(15)28-12-18(22)25/h3-6,14H,7-13H2,1-2H3. The lowest BCUT2D eigenvalue weighted by molar-refractivity contribution is -0.132. The zero-order chi connectivity index (χ0) is 19.9. The predicted molar refractivity (Wildman–Crippen MR) is 106 cm³/mol. The summed E-state index contributed by atoms with van der Waals surface area (Å²) < 4.78 is 5.21. The van der Waals surface area contributed by atoms with Crippen LogP contribution in [-0.4, -0.2) is 71.3 Å². The smallest absolute Gasteiger partial charge is 0.410 e. The van der Waals surface area contributed by atoms with Crippen molar-refractivity contribution in [2.24, 2.45) is 0 Å². The molecule has 4 rings (SSSR count). The van der Waals surface area contributed by atoms with Gasteiger partial charge in [0.2, 0.25) is 11.8 Å². The molecule has 0 aliphatic carbocycles. The molecule has 0 radical (unpaired) electrons. The number of ether oxygens (including phenoxy) is 1. The molecule has 0 aromatic heterocycles. The number of hydrogen-bond acceptors (Lipinski definition) is 5. The third kappa shape index (κ3) is 3.45. The average Bonchev–Trinajstić information content (AvgIpc) is 2.96. The van der Waals surface area contributed by atoms with E-state index in [0.717, 1.165) is 23.4 Å². The summed E-state index contributed by atoms with van der Waals surface area (Å²) in [7, 11) is 0. The maximum atomic E-state index is 12.9. The van der Waals surface area contributed by atoms with Crippen LogP contribution >= 0.6 is 11.8 Å². The van der Waals surface area contributed by atoms with Gasteiger partial charge in [0.1, 0.15) is 13.2 Å². The molecule has 2 saturated heterocycles. The van der Waals surface area contributed by atoms with Crippen molar-refractivity contribution in [3.63, 3.8) is 0 Å². The lowest BCUT2D eigenvalue weighted by Crippen LogP contribution is -2.54. The van der Waals surface area contributed by atoms with E-state index >= 15 is 0 Å². The lowest BCUT2D eigenvalue weighted by atomic mass is 9.97. The van der Waals surface area contributed by atoms with Crippen LogP contribution in [0.3, 0.4) is 0 Å². The number of hydrogen-bond donors (Lipinski definition) is 0. The minimum atomic E-state index is -0.310. The van der Waals surface area contributed by atoms with Crippen molar-refractivity contribution in [1.82, 2.24) is 9.80 Å². The number of nitrogens with zero attached hydrogens (tertiary/aromatic N) is 3. The highest BCUT2D eigenvalue weighted by atomic mass is 32.2. The number of anilines is 1. The average molecular weight is 404 g/mol. The zero-order valence-corrected chi connectivity index (χ0v) is 17.0. The Kier molecular flexibility index (Phi) is 4.99. The highest BCUT2D eigenvalue weighted by Crippen LogP contribution is 2.35. The summed E-state index contributed by atoms with van der Waals surface area (Å²) in [5.41, 5.74) is 0.503. The molecular formula is C20H25N3O4S. The van der Waals surface area contributed by atoms with E-state index in [9.17, 15) is 14.4 Å². The summed E-state index contributed by atoms with van der Waals surface area (Å²) in [5.74, 6) is 0.281. The molecule has 3 aliphatic heterocycles. The molecule has 3 heterocycles. The number of rotatable bonds is 3. The molecule has 0 saturated carbocycles. The number of carbonyl (C=O) groups is 3. The number of cyclic esters (lactones) is 1. The van der Waals surface area contributed by atoms with Crippen LogP contribution in [0.25, 0.3) is 0 Å². The molecule has 8 heteroatoms. The fourth-order valence-electron chi connectivity index (χ4n) is 4.20. The third-order valence-corrected chi connectivity index (χ3v) is 6.73. The molecule has 7 nitrogen and oxygen atoms in total. The van der Waals surface area contributed by atoms with Gasteiger partial charge >= 0.3 is 6.09 Å².